The number of rotatable bonds is 7. The Kier molecular flexibility index (Phi) is 6.05. The standard InChI is InChI=1S/C13H22N2/c1-2-6-13(11-14)15-10-9-12-7-4-3-5-8-12/h3-5,7-8,13,15H,2,6,9-11,14H2,1H3. The Morgan fingerprint density at radius 3 is 2.60 bits per heavy atom. The van der Waals surface area contributed by atoms with Crippen molar-refractivity contribution in [2.45, 2.75) is 32.2 Å². The van der Waals surface area contributed by atoms with Gasteiger partial charge in [-0.25, -0.2) is 0 Å². The van der Waals surface area contributed by atoms with Gasteiger partial charge in [0.05, 0.1) is 0 Å². The molecular formula is C13H22N2. The summed E-state index contributed by atoms with van der Waals surface area (Å²) in [6, 6.07) is 11.0. The van der Waals surface area contributed by atoms with Crippen LogP contribution < -0.4 is 11.1 Å². The monoisotopic (exact) mass is 206 g/mol. The van der Waals surface area contributed by atoms with E-state index in [-0.39, 0.29) is 0 Å². The van der Waals surface area contributed by atoms with Crippen molar-refractivity contribution >= 4 is 0 Å². The van der Waals surface area contributed by atoms with Gasteiger partial charge in [0.15, 0.2) is 0 Å². The van der Waals surface area contributed by atoms with Gasteiger partial charge in [-0.15, -0.1) is 0 Å². The van der Waals surface area contributed by atoms with E-state index in [0.29, 0.717) is 6.04 Å². The van der Waals surface area contributed by atoms with Crippen LogP contribution in [-0.4, -0.2) is 19.1 Å². The molecule has 0 aromatic heterocycles. The molecule has 0 bridgehead atoms. The second kappa shape index (κ2) is 7.43. The number of benzene rings is 1. The lowest BCUT2D eigenvalue weighted by molar-refractivity contribution is 0.486. The van der Waals surface area contributed by atoms with Crippen molar-refractivity contribution in [1.29, 1.82) is 0 Å². The van der Waals surface area contributed by atoms with Crippen LogP contribution in [0, 0.1) is 0 Å². The van der Waals surface area contributed by atoms with Crippen molar-refractivity contribution < 1.29 is 0 Å². The third-order valence-corrected chi connectivity index (χ3v) is 2.61. The zero-order chi connectivity index (χ0) is 10.9. The van der Waals surface area contributed by atoms with Gasteiger partial charge in [0.25, 0.3) is 0 Å². The van der Waals surface area contributed by atoms with E-state index in [0.717, 1.165) is 19.5 Å². The van der Waals surface area contributed by atoms with Crippen molar-refractivity contribution in [2.75, 3.05) is 13.1 Å². The quantitative estimate of drug-likeness (QED) is 0.715. The van der Waals surface area contributed by atoms with Crippen LogP contribution in [0.2, 0.25) is 0 Å². The number of nitrogens with two attached hydrogens (primary N) is 1. The van der Waals surface area contributed by atoms with E-state index in [1.54, 1.807) is 0 Å². The predicted molar refractivity (Wildman–Crippen MR) is 65.9 cm³/mol. The maximum atomic E-state index is 5.68. The first-order valence-corrected chi connectivity index (χ1v) is 5.84. The molecule has 0 radical (unpaired) electrons. The van der Waals surface area contributed by atoms with Crippen LogP contribution in [0.25, 0.3) is 0 Å². The Labute approximate surface area is 92.9 Å². The number of nitrogens with one attached hydrogen (secondary N) is 1. The Balaban J connectivity index is 2.20. The van der Waals surface area contributed by atoms with Gasteiger partial charge < -0.3 is 11.1 Å². The molecule has 1 aromatic carbocycles. The van der Waals surface area contributed by atoms with E-state index < -0.39 is 0 Å². The highest BCUT2D eigenvalue weighted by Crippen LogP contribution is 1.99. The lowest BCUT2D eigenvalue weighted by atomic mass is 10.1. The Morgan fingerprint density at radius 1 is 1.27 bits per heavy atom. The van der Waals surface area contributed by atoms with E-state index in [4.69, 9.17) is 5.73 Å². The summed E-state index contributed by atoms with van der Waals surface area (Å²) in [6.45, 7) is 3.95. The van der Waals surface area contributed by atoms with Crippen LogP contribution in [0.15, 0.2) is 30.3 Å². The van der Waals surface area contributed by atoms with Crippen molar-refractivity contribution in [3.05, 3.63) is 35.9 Å². The molecule has 3 N–H and O–H groups in total. The zero-order valence-corrected chi connectivity index (χ0v) is 9.58. The minimum atomic E-state index is 0.485. The summed E-state index contributed by atoms with van der Waals surface area (Å²) < 4.78 is 0. The van der Waals surface area contributed by atoms with Gasteiger partial charge in [0, 0.05) is 12.6 Å². The van der Waals surface area contributed by atoms with Gasteiger partial charge in [0.2, 0.25) is 0 Å². The highest BCUT2D eigenvalue weighted by Gasteiger charge is 2.03. The van der Waals surface area contributed by atoms with Crippen LogP contribution in [-0.2, 0) is 6.42 Å². The zero-order valence-electron chi connectivity index (χ0n) is 9.58. The van der Waals surface area contributed by atoms with Gasteiger partial charge in [0.1, 0.15) is 0 Å². The molecular weight excluding hydrogens is 184 g/mol. The molecule has 84 valence electrons. The van der Waals surface area contributed by atoms with E-state index >= 15 is 0 Å². The Bertz CT molecular complexity index is 246. The normalized spacial score (nSPS) is 12.7. The second-order valence-corrected chi connectivity index (χ2v) is 3.91. The SMILES string of the molecule is CCCC(CN)NCCc1ccccc1. The average molecular weight is 206 g/mol. The fourth-order valence-corrected chi connectivity index (χ4v) is 1.72. The maximum Gasteiger partial charge on any atom is 0.0190 e. The molecule has 0 aliphatic carbocycles. The van der Waals surface area contributed by atoms with E-state index in [2.05, 4.69) is 42.6 Å². The molecule has 0 aliphatic rings. The van der Waals surface area contributed by atoms with Gasteiger partial charge in [-0.2, -0.15) is 0 Å². The van der Waals surface area contributed by atoms with Crippen molar-refractivity contribution in [3.63, 3.8) is 0 Å². The minimum Gasteiger partial charge on any atom is -0.329 e. The molecule has 1 unspecified atom stereocenters. The topological polar surface area (TPSA) is 38.0 Å². The van der Waals surface area contributed by atoms with Crippen molar-refractivity contribution in [2.24, 2.45) is 5.73 Å². The average Bonchev–Trinajstić information content (AvgIpc) is 2.29. The number of hydrogen-bond donors (Lipinski definition) is 2. The summed E-state index contributed by atoms with van der Waals surface area (Å²) in [5.74, 6) is 0. The first-order valence-electron chi connectivity index (χ1n) is 5.84. The fraction of sp³-hybridized carbons (Fsp3) is 0.538. The summed E-state index contributed by atoms with van der Waals surface area (Å²) in [4.78, 5) is 0. The summed E-state index contributed by atoms with van der Waals surface area (Å²) in [5, 5.41) is 3.49. The maximum absolute atomic E-state index is 5.68. The fourth-order valence-electron chi connectivity index (χ4n) is 1.72. The highest BCUT2D eigenvalue weighted by atomic mass is 14.9. The summed E-state index contributed by atoms with van der Waals surface area (Å²) >= 11 is 0. The molecule has 2 nitrogen and oxygen atoms in total. The predicted octanol–water partition coefficient (Wildman–Crippen LogP) is 1.95. The largest absolute Gasteiger partial charge is 0.329 e. The minimum absolute atomic E-state index is 0.485. The van der Waals surface area contributed by atoms with Crippen LogP contribution in [0.4, 0.5) is 0 Å². The molecule has 0 aliphatic heterocycles. The van der Waals surface area contributed by atoms with Crippen LogP contribution >= 0.6 is 0 Å². The van der Waals surface area contributed by atoms with Gasteiger partial charge >= 0.3 is 0 Å². The molecule has 0 heterocycles. The first kappa shape index (κ1) is 12.2. The summed E-state index contributed by atoms with van der Waals surface area (Å²) in [6.07, 6.45) is 3.45. The summed E-state index contributed by atoms with van der Waals surface area (Å²) in [5.41, 5.74) is 7.06. The third kappa shape index (κ3) is 4.96. The molecule has 15 heavy (non-hydrogen) atoms. The number of hydrogen-bond acceptors (Lipinski definition) is 2. The lowest BCUT2D eigenvalue weighted by Gasteiger charge is -2.15. The van der Waals surface area contributed by atoms with E-state index in [9.17, 15) is 0 Å². The molecule has 1 atom stereocenters. The van der Waals surface area contributed by atoms with Gasteiger partial charge in [-0.05, 0) is 24.9 Å². The molecule has 0 amide bonds. The van der Waals surface area contributed by atoms with Crippen LogP contribution in [0.1, 0.15) is 25.3 Å². The van der Waals surface area contributed by atoms with E-state index in [1.807, 2.05) is 0 Å². The molecule has 0 saturated heterocycles. The summed E-state index contributed by atoms with van der Waals surface area (Å²) in [7, 11) is 0. The Morgan fingerprint density at radius 2 is 2.00 bits per heavy atom. The van der Waals surface area contributed by atoms with Crippen LogP contribution in [0.5, 0.6) is 0 Å². The van der Waals surface area contributed by atoms with Crippen LogP contribution in [0.3, 0.4) is 0 Å². The molecule has 0 spiro atoms. The second-order valence-electron chi connectivity index (χ2n) is 3.91. The van der Waals surface area contributed by atoms with Gasteiger partial charge in [-0.3, -0.25) is 0 Å². The molecule has 0 fully saturated rings. The smallest absolute Gasteiger partial charge is 0.0190 e. The first-order chi connectivity index (χ1) is 7.36. The lowest BCUT2D eigenvalue weighted by Crippen LogP contribution is -2.37. The van der Waals surface area contributed by atoms with Gasteiger partial charge in [-0.1, -0.05) is 43.7 Å². The molecule has 0 saturated carbocycles. The third-order valence-electron chi connectivity index (χ3n) is 2.61. The highest BCUT2D eigenvalue weighted by molar-refractivity contribution is 5.14. The molecule has 1 aromatic rings. The van der Waals surface area contributed by atoms with Crippen molar-refractivity contribution in [1.82, 2.24) is 5.32 Å². The Hall–Kier alpha value is -0.860. The molecule has 1 rings (SSSR count). The van der Waals surface area contributed by atoms with E-state index in [1.165, 1.54) is 18.4 Å². The molecule has 2 heteroatoms. The van der Waals surface area contributed by atoms with Crippen molar-refractivity contribution in [3.8, 4) is 0 Å².